The predicted molar refractivity (Wildman–Crippen MR) is 89.1 cm³/mol. The number of carbonyl (C=O) groups is 4. The minimum Gasteiger partial charge on any atom is -0.480 e. The van der Waals surface area contributed by atoms with Crippen molar-refractivity contribution < 1.29 is 34.1 Å². The zero-order valence-corrected chi connectivity index (χ0v) is 14.0. The Kier molecular flexibility index (Phi) is 5.81. The number of benzene rings is 1. The average molecular weight is 365 g/mol. The number of carboxylic acids is 2. The Hall–Kier alpha value is -2.81. The lowest BCUT2D eigenvalue weighted by atomic mass is 10.2. The van der Waals surface area contributed by atoms with E-state index in [1.807, 2.05) is 0 Å². The molecule has 1 aliphatic heterocycles. The summed E-state index contributed by atoms with van der Waals surface area (Å²) in [5, 5.41) is 17.1. The summed E-state index contributed by atoms with van der Waals surface area (Å²) in [6.07, 6.45) is 0.729. The molecule has 25 heavy (non-hydrogen) atoms. The van der Waals surface area contributed by atoms with Crippen molar-refractivity contribution in [3.63, 3.8) is 0 Å². The molecule has 2 amide bonds. The molecule has 132 valence electrons. The highest BCUT2D eigenvalue weighted by atomic mass is 32.2. The van der Waals surface area contributed by atoms with E-state index >= 15 is 0 Å². The van der Waals surface area contributed by atoms with Gasteiger partial charge in [0.25, 0.3) is 11.1 Å². The summed E-state index contributed by atoms with van der Waals surface area (Å²) >= 11 is 0.648. The molecule has 8 nitrogen and oxygen atoms in total. The number of carbonyl (C=O) groups excluding carboxylic acids is 2. The van der Waals surface area contributed by atoms with E-state index in [2.05, 4.69) is 0 Å². The van der Waals surface area contributed by atoms with Crippen molar-refractivity contribution in [2.45, 2.75) is 19.4 Å². The summed E-state index contributed by atoms with van der Waals surface area (Å²) in [5.41, 5.74) is 0.526. The fraction of sp³-hybridized carbons (Fsp3) is 0.250. The van der Waals surface area contributed by atoms with E-state index in [0.717, 1.165) is 0 Å². The quantitative estimate of drug-likeness (QED) is 0.704. The molecule has 1 atom stereocenters. The van der Waals surface area contributed by atoms with Crippen LogP contribution in [0.1, 0.15) is 18.9 Å². The molecule has 1 aliphatic rings. The van der Waals surface area contributed by atoms with Crippen LogP contribution in [-0.2, 0) is 14.4 Å². The lowest BCUT2D eigenvalue weighted by molar-refractivity contribution is -0.145. The minimum atomic E-state index is -1.28. The van der Waals surface area contributed by atoms with Gasteiger partial charge < -0.3 is 14.9 Å². The molecule has 1 saturated heterocycles. The standard InChI is InChI=1S/C16H15NO7S/c1-2-11(15(21)22)24-10-5-3-4-9(6-10)7-12-14(20)17(8-13(18)19)16(23)25-12/h3-7,11H,2,8H2,1H3,(H,18,19)(H,21,22)/b12-7-. The third-order valence-electron chi connectivity index (χ3n) is 3.25. The predicted octanol–water partition coefficient (Wildman–Crippen LogP) is 2.05. The van der Waals surface area contributed by atoms with Crippen molar-refractivity contribution in [3.05, 3.63) is 34.7 Å². The van der Waals surface area contributed by atoms with Crippen LogP contribution in [-0.4, -0.2) is 50.8 Å². The van der Waals surface area contributed by atoms with Crippen molar-refractivity contribution in [1.29, 1.82) is 0 Å². The second-order valence-electron chi connectivity index (χ2n) is 5.09. The van der Waals surface area contributed by atoms with Crippen molar-refractivity contribution >= 4 is 40.9 Å². The number of amides is 2. The SMILES string of the molecule is CCC(Oc1cccc(/C=C2\SC(=O)N(CC(=O)O)C2=O)c1)C(=O)O. The Bertz CT molecular complexity index is 759. The molecule has 0 spiro atoms. The van der Waals surface area contributed by atoms with E-state index in [4.69, 9.17) is 14.9 Å². The van der Waals surface area contributed by atoms with Crippen molar-refractivity contribution in [2.75, 3.05) is 6.54 Å². The maximum atomic E-state index is 12.1. The Morgan fingerprint density at radius 1 is 1.32 bits per heavy atom. The van der Waals surface area contributed by atoms with E-state index < -0.39 is 35.7 Å². The molecule has 0 saturated carbocycles. The number of hydrogen-bond acceptors (Lipinski definition) is 6. The molecule has 9 heteroatoms. The van der Waals surface area contributed by atoms with Crippen LogP contribution in [0.4, 0.5) is 4.79 Å². The number of nitrogens with zero attached hydrogens (tertiary/aromatic N) is 1. The van der Waals surface area contributed by atoms with Crippen LogP contribution in [0.5, 0.6) is 5.75 Å². The second kappa shape index (κ2) is 7.84. The normalized spacial score (nSPS) is 17.0. The molecule has 2 N–H and O–H groups in total. The Labute approximate surface area is 147 Å². The average Bonchev–Trinajstić information content (AvgIpc) is 2.80. The zero-order valence-electron chi connectivity index (χ0n) is 13.2. The Morgan fingerprint density at radius 2 is 2.04 bits per heavy atom. The first-order valence-electron chi connectivity index (χ1n) is 7.28. The van der Waals surface area contributed by atoms with Gasteiger partial charge in [0, 0.05) is 0 Å². The molecule has 1 fully saturated rings. The van der Waals surface area contributed by atoms with E-state index in [0.29, 0.717) is 28.0 Å². The molecule has 2 rings (SSSR count). The molecule has 1 aromatic carbocycles. The van der Waals surface area contributed by atoms with Gasteiger partial charge in [0.15, 0.2) is 6.10 Å². The van der Waals surface area contributed by atoms with Gasteiger partial charge in [-0.1, -0.05) is 19.1 Å². The van der Waals surface area contributed by atoms with E-state index in [9.17, 15) is 19.2 Å². The third kappa shape index (κ3) is 4.60. The van der Waals surface area contributed by atoms with E-state index in [1.165, 1.54) is 12.1 Å². The molecule has 0 aromatic heterocycles. The molecule has 0 aliphatic carbocycles. The Balaban J connectivity index is 2.20. The van der Waals surface area contributed by atoms with Crippen LogP contribution < -0.4 is 4.74 Å². The highest BCUT2D eigenvalue weighted by Crippen LogP contribution is 2.32. The summed E-state index contributed by atoms with van der Waals surface area (Å²) in [6.45, 7) is 0.989. The van der Waals surface area contributed by atoms with Gasteiger partial charge in [0.05, 0.1) is 4.91 Å². The van der Waals surface area contributed by atoms with Crippen molar-refractivity contribution in [1.82, 2.24) is 4.90 Å². The fourth-order valence-electron chi connectivity index (χ4n) is 2.07. The molecule has 0 radical (unpaired) electrons. The number of carboxylic acid groups (broad SMARTS) is 2. The number of aliphatic carboxylic acids is 2. The largest absolute Gasteiger partial charge is 0.480 e. The highest BCUT2D eigenvalue weighted by Gasteiger charge is 2.36. The van der Waals surface area contributed by atoms with Crippen LogP contribution >= 0.6 is 11.8 Å². The van der Waals surface area contributed by atoms with Crippen LogP contribution in [0.3, 0.4) is 0 Å². The molecular formula is C16H15NO7S. The first kappa shape index (κ1) is 18.5. The van der Waals surface area contributed by atoms with Gasteiger partial charge in [0.2, 0.25) is 0 Å². The van der Waals surface area contributed by atoms with Gasteiger partial charge in [-0.2, -0.15) is 0 Å². The lowest BCUT2D eigenvalue weighted by Crippen LogP contribution is -2.33. The van der Waals surface area contributed by atoms with E-state index in [-0.39, 0.29) is 11.3 Å². The summed E-state index contributed by atoms with van der Waals surface area (Å²) in [7, 11) is 0. The van der Waals surface area contributed by atoms with Gasteiger partial charge >= 0.3 is 11.9 Å². The van der Waals surface area contributed by atoms with Crippen LogP contribution in [0.15, 0.2) is 29.2 Å². The topological polar surface area (TPSA) is 121 Å². The van der Waals surface area contributed by atoms with Gasteiger partial charge in [0.1, 0.15) is 12.3 Å². The van der Waals surface area contributed by atoms with Gasteiger partial charge in [-0.3, -0.25) is 19.3 Å². The minimum absolute atomic E-state index is 0.0914. The van der Waals surface area contributed by atoms with Gasteiger partial charge in [-0.25, -0.2) is 4.79 Å². The highest BCUT2D eigenvalue weighted by molar-refractivity contribution is 8.18. The van der Waals surface area contributed by atoms with Crippen LogP contribution in [0, 0.1) is 0 Å². The fourth-order valence-corrected chi connectivity index (χ4v) is 2.91. The van der Waals surface area contributed by atoms with Crippen molar-refractivity contribution in [2.24, 2.45) is 0 Å². The van der Waals surface area contributed by atoms with E-state index in [1.54, 1.807) is 25.1 Å². The molecule has 1 heterocycles. The number of rotatable bonds is 7. The first-order chi connectivity index (χ1) is 11.8. The number of thioether (sulfide) groups is 1. The van der Waals surface area contributed by atoms with Crippen LogP contribution in [0.25, 0.3) is 6.08 Å². The first-order valence-corrected chi connectivity index (χ1v) is 8.10. The third-order valence-corrected chi connectivity index (χ3v) is 4.15. The summed E-state index contributed by atoms with van der Waals surface area (Å²) in [6, 6.07) is 6.40. The molecule has 1 unspecified atom stereocenters. The molecule has 0 bridgehead atoms. The maximum absolute atomic E-state index is 12.1. The summed E-state index contributed by atoms with van der Waals surface area (Å²) < 4.78 is 5.38. The number of hydrogen-bond donors (Lipinski definition) is 2. The smallest absolute Gasteiger partial charge is 0.344 e. The van der Waals surface area contributed by atoms with Gasteiger partial charge in [-0.05, 0) is 42.0 Å². The van der Waals surface area contributed by atoms with Crippen molar-refractivity contribution in [3.8, 4) is 5.75 Å². The monoisotopic (exact) mass is 365 g/mol. The van der Waals surface area contributed by atoms with Gasteiger partial charge in [-0.15, -0.1) is 0 Å². The summed E-state index contributed by atoms with van der Waals surface area (Å²) in [5.74, 6) is -2.73. The number of ether oxygens (including phenoxy) is 1. The molecular weight excluding hydrogens is 350 g/mol. The lowest BCUT2D eigenvalue weighted by Gasteiger charge is -2.13. The second-order valence-corrected chi connectivity index (χ2v) is 6.08. The van der Waals surface area contributed by atoms with Crippen LogP contribution in [0.2, 0.25) is 0 Å². The Morgan fingerprint density at radius 3 is 2.64 bits per heavy atom. The maximum Gasteiger partial charge on any atom is 0.344 e. The zero-order chi connectivity index (χ0) is 18.6. The number of imide groups is 1. The molecule has 1 aromatic rings. The summed E-state index contributed by atoms with van der Waals surface area (Å²) in [4.78, 5) is 46.3.